The molecule has 1 N–H and O–H groups in total. The topological polar surface area (TPSA) is 63.7 Å². The molecule has 3 aromatic rings. The molecular formula is C21H17N3O3. The number of pyridine rings is 1. The lowest BCUT2D eigenvalue weighted by atomic mass is 10.2. The largest absolute Gasteiger partial charge is 0.454 e. The van der Waals surface area contributed by atoms with Crippen LogP contribution in [0.1, 0.15) is 15.9 Å². The number of para-hydroxylation sites is 1. The molecule has 0 atom stereocenters. The number of nitrogens with zero attached hydrogens (tertiary/aromatic N) is 2. The van der Waals surface area contributed by atoms with Crippen LogP contribution >= 0.6 is 0 Å². The Morgan fingerprint density at radius 2 is 1.93 bits per heavy atom. The van der Waals surface area contributed by atoms with Crippen molar-refractivity contribution in [2.75, 3.05) is 23.6 Å². The fourth-order valence-corrected chi connectivity index (χ4v) is 3.43. The van der Waals surface area contributed by atoms with Crippen molar-refractivity contribution < 1.29 is 14.3 Å². The second-order valence-corrected chi connectivity index (χ2v) is 6.46. The van der Waals surface area contributed by atoms with E-state index in [1.807, 2.05) is 12.1 Å². The summed E-state index contributed by atoms with van der Waals surface area (Å²) in [5.41, 5.74) is 3.66. The highest BCUT2D eigenvalue weighted by Gasteiger charge is 2.21. The highest BCUT2D eigenvalue weighted by atomic mass is 16.7. The van der Waals surface area contributed by atoms with Crippen molar-refractivity contribution in [3.05, 3.63) is 71.9 Å². The van der Waals surface area contributed by atoms with Gasteiger partial charge in [0.2, 0.25) is 6.79 Å². The molecule has 1 aromatic heterocycles. The molecule has 0 radical (unpaired) electrons. The van der Waals surface area contributed by atoms with Gasteiger partial charge in [-0.05, 0) is 42.3 Å². The minimum atomic E-state index is -0.213. The fraction of sp³-hybridized carbons (Fsp3) is 0.143. The molecule has 27 heavy (non-hydrogen) atoms. The summed E-state index contributed by atoms with van der Waals surface area (Å²) in [5.74, 6) is 1.95. The molecular weight excluding hydrogens is 342 g/mol. The van der Waals surface area contributed by atoms with E-state index in [0.717, 1.165) is 18.8 Å². The number of carbonyl (C=O) groups is 1. The summed E-state index contributed by atoms with van der Waals surface area (Å²) in [7, 11) is 0. The summed E-state index contributed by atoms with van der Waals surface area (Å²) < 4.78 is 10.6. The number of rotatable bonds is 3. The van der Waals surface area contributed by atoms with Crippen molar-refractivity contribution in [3.8, 4) is 11.5 Å². The summed E-state index contributed by atoms with van der Waals surface area (Å²) in [6.45, 7) is 1.10. The number of ether oxygens (including phenoxy) is 2. The SMILES string of the molecule is O=C(Nc1ccc2c(c1)OCO2)c1ccc(N2CCc3ccccc32)nc1. The van der Waals surface area contributed by atoms with Crippen molar-refractivity contribution in [3.63, 3.8) is 0 Å². The number of carbonyl (C=O) groups excluding carboxylic acids is 1. The molecule has 0 saturated heterocycles. The molecule has 0 aliphatic carbocycles. The van der Waals surface area contributed by atoms with Crippen LogP contribution in [0.5, 0.6) is 11.5 Å². The maximum Gasteiger partial charge on any atom is 0.257 e. The zero-order valence-corrected chi connectivity index (χ0v) is 14.5. The van der Waals surface area contributed by atoms with Gasteiger partial charge in [-0.2, -0.15) is 0 Å². The highest BCUT2D eigenvalue weighted by Crippen LogP contribution is 2.35. The Morgan fingerprint density at radius 1 is 1.04 bits per heavy atom. The van der Waals surface area contributed by atoms with Gasteiger partial charge in [0, 0.05) is 30.2 Å². The van der Waals surface area contributed by atoms with Gasteiger partial charge in [0.15, 0.2) is 11.5 Å². The number of aromatic nitrogens is 1. The lowest BCUT2D eigenvalue weighted by Gasteiger charge is -2.18. The van der Waals surface area contributed by atoms with Gasteiger partial charge in [-0.25, -0.2) is 4.98 Å². The zero-order chi connectivity index (χ0) is 18.2. The molecule has 5 rings (SSSR count). The average Bonchev–Trinajstić information content (AvgIpc) is 3.34. The maximum atomic E-state index is 12.5. The van der Waals surface area contributed by atoms with E-state index in [9.17, 15) is 4.79 Å². The minimum Gasteiger partial charge on any atom is -0.454 e. The Kier molecular flexibility index (Phi) is 3.67. The van der Waals surface area contributed by atoms with Crippen LogP contribution in [0, 0.1) is 0 Å². The molecule has 2 aliphatic heterocycles. The van der Waals surface area contributed by atoms with Gasteiger partial charge in [-0.1, -0.05) is 18.2 Å². The Hall–Kier alpha value is -3.54. The van der Waals surface area contributed by atoms with E-state index in [0.29, 0.717) is 22.7 Å². The molecule has 0 spiro atoms. The van der Waals surface area contributed by atoms with Crippen molar-refractivity contribution in [1.29, 1.82) is 0 Å². The lowest BCUT2D eigenvalue weighted by molar-refractivity contribution is 0.102. The first-order valence-electron chi connectivity index (χ1n) is 8.80. The predicted octanol–water partition coefficient (Wildman–Crippen LogP) is 3.76. The molecule has 6 nitrogen and oxygen atoms in total. The van der Waals surface area contributed by atoms with E-state index in [2.05, 4.69) is 33.4 Å². The summed E-state index contributed by atoms with van der Waals surface area (Å²) in [6, 6.07) is 17.3. The van der Waals surface area contributed by atoms with Crippen LogP contribution < -0.4 is 19.7 Å². The maximum absolute atomic E-state index is 12.5. The van der Waals surface area contributed by atoms with Gasteiger partial charge in [0.25, 0.3) is 5.91 Å². The number of amides is 1. The molecule has 134 valence electrons. The Bertz CT molecular complexity index is 1020. The van der Waals surface area contributed by atoms with Crippen LogP contribution in [-0.2, 0) is 6.42 Å². The molecule has 0 fully saturated rings. The third-order valence-electron chi connectivity index (χ3n) is 4.80. The van der Waals surface area contributed by atoms with Crippen LogP contribution in [0.2, 0.25) is 0 Å². The molecule has 0 bridgehead atoms. The number of hydrogen-bond donors (Lipinski definition) is 1. The number of anilines is 3. The summed E-state index contributed by atoms with van der Waals surface area (Å²) in [4.78, 5) is 19.2. The lowest BCUT2D eigenvalue weighted by Crippen LogP contribution is -2.16. The minimum absolute atomic E-state index is 0.206. The molecule has 6 heteroatoms. The summed E-state index contributed by atoms with van der Waals surface area (Å²) in [5, 5.41) is 2.86. The monoisotopic (exact) mass is 359 g/mol. The van der Waals surface area contributed by atoms with Gasteiger partial charge < -0.3 is 19.7 Å². The van der Waals surface area contributed by atoms with Crippen LogP contribution in [-0.4, -0.2) is 24.2 Å². The molecule has 1 amide bonds. The number of benzene rings is 2. The van der Waals surface area contributed by atoms with E-state index in [-0.39, 0.29) is 12.7 Å². The third-order valence-corrected chi connectivity index (χ3v) is 4.80. The van der Waals surface area contributed by atoms with E-state index in [4.69, 9.17) is 9.47 Å². The van der Waals surface area contributed by atoms with Gasteiger partial charge in [0.1, 0.15) is 5.82 Å². The van der Waals surface area contributed by atoms with Crippen LogP contribution in [0.15, 0.2) is 60.8 Å². The standard InChI is InChI=1S/C21H17N3O3/c25-21(23-16-6-7-18-19(11-16)27-13-26-18)15-5-8-20(22-12-15)24-10-9-14-3-1-2-4-17(14)24/h1-8,11-12H,9-10,13H2,(H,23,25). The first-order valence-corrected chi connectivity index (χ1v) is 8.80. The average molecular weight is 359 g/mol. The molecule has 3 heterocycles. The first kappa shape index (κ1) is 15.7. The molecule has 0 saturated carbocycles. The molecule has 2 aliphatic rings. The molecule has 0 unspecified atom stereocenters. The van der Waals surface area contributed by atoms with E-state index in [1.54, 1.807) is 30.5 Å². The van der Waals surface area contributed by atoms with Gasteiger partial charge in [-0.3, -0.25) is 4.79 Å². The highest BCUT2D eigenvalue weighted by molar-refractivity contribution is 6.04. The smallest absolute Gasteiger partial charge is 0.257 e. The predicted molar refractivity (Wildman–Crippen MR) is 102 cm³/mol. The summed E-state index contributed by atoms with van der Waals surface area (Å²) in [6.07, 6.45) is 2.61. The first-order chi connectivity index (χ1) is 13.3. The molecule has 2 aromatic carbocycles. The Balaban J connectivity index is 1.32. The van der Waals surface area contributed by atoms with Crippen molar-refractivity contribution >= 4 is 23.1 Å². The fourth-order valence-electron chi connectivity index (χ4n) is 3.43. The number of nitrogens with one attached hydrogen (secondary N) is 1. The number of fused-ring (bicyclic) bond motifs is 2. The van der Waals surface area contributed by atoms with Crippen molar-refractivity contribution in [1.82, 2.24) is 4.98 Å². The van der Waals surface area contributed by atoms with Gasteiger partial charge in [0.05, 0.1) is 5.56 Å². The van der Waals surface area contributed by atoms with Crippen LogP contribution in [0.3, 0.4) is 0 Å². The summed E-state index contributed by atoms with van der Waals surface area (Å²) >= 11 is 0. The third kappa shape index (κ3) is 2.85. The van der Waals surface area contributed by atoms with Crippen LogP contribution in [0.25, 0.3) is 0 Å². The Labute approximate surface area is 156 Å². The normalized spacial score (nSPS) is 14.1. The quantitative estimate of drug-likeness (QED) is 0.771. The van der Waals surface area contributed by atoms with E-state index >= 15 is 0 Å². The van der Waals surface area contributed by atoms with Crippen molar-refractivity contribution in [2.45, 2.75) is 6.42 Å². The van der Waals surface area contributed by atoms with Crippen LogP contribution in [0.4, 0.5) is 17.2 Å². The Morgan fingerprint density at radius 3 is 2.81 bits per heavy atom. The van der Waals surface area contributed by atoms with Gasteiger partial charge in [-0.15, -0.1) is 0 Å². The van der Waals surface area contributed by atoms with E-state index in [1.165, 1.54) is 11.3 Å². The van der Waals surface area contributed by atoms with Crippen molar-refractivity contribution in [2.24, 2.45) is 0 Å². The zero-order valence-electron chi connectivity index (χ0n) is 14.5. The van der Waals surface area contributed by atoms with E-state index < -0.39 is 0 Å². The second-order valence-electron chi connectivity index (χ2n) is 6.46. The van der Waals surface area contributed by atoms with Gasteiger partial charge >= 0.3 is 0 Å². The number of hydrogen-bond acceptors (Lipinski definition) is 5. The second kappa shape index (κ2) is 6.32.